The Kier molecular flexibility index (Phi) is 3.81. The molecule has 1 saturated carbocycles. The Hall–Kier alpha value is -1.62. The van der Waals surface area contributed by atoms with Crippen LogP contribution in [0.25, 0.3) is 0 Å². The molecular formula is C13H18N2O3. The van der Waals surface area contributed by atoms with Crippen molar-refractivity contribution in [3.8, 4) is 5.75 Å². The van der Waals surface area contributed by atoms with Gasteiger partial charge in [0.25, 0.3) is 0 Å². The highest BCUT2D eigenvalue weighted by Crippen LogP contribution is 2.34. The normalized spacial score (nSPS) is 22.3. The predicted molar refractivity (Wildman–Crippen MR) is 68.9 cm³/mol. The largest absolute Gasteiger partial charge is 0.483 e. The van der Waals surface area contributed by atoms with Crippen molar-refractivity contribution in [2.45, 2.75) is 38.8 Å². The van der Waals surface area contributed by atoms with Gasteiger partial charge in [-0.2, -0.15) is 0 Å². The summed E-state index contributed by atoms with van der Waals surface area (Å²) in [4.78, 5) is 10.6. The quantitative estimate of drug-likeness (QED) is 0.644. The number of nitro benzene ring substituents is 1. The summed E-state index contributed by atoms with van der Waals surface area (Å²) in [7, 11) is 0. The Labute approximate surface area is 106 Å². The van der Waals surface area contributed by atoms with E-state index in [4.69, 9.17) is 4.74 Å². The highest BCUT2D eigenvalue weighted by molar-refractivity contribution is 5.51. The maximum atomic E-state index is 10.9. The second-order valence-electron chi connectivity index (χ2n) is 4.65. The summed E-state index contributed by atoms with van der Waals surface area (Å²) >= 11 is 0. The zero-order valence-electron chi connectivity index (χ0n) is 10.7. The first-order valence-electron chi connectivity index (χ1n) is 6.25. The molecule has 0 saturated heterocycles. The van der Waals surface area contributed by atoms with Crippen molar-refractivity contribution >= 4 is 5.69 Å². The second kappa shape index (κ2) is 5.35. The smallest absolute Gasteiger partial charge is 0.311 e. The molecule has 5 nitrogen and oxygen atoms in total. The molecule has 0 bridgehead atoms. The molecule has 1 aliphatic rings. The van der Waals surface area contributed by atoms with Crippen LogP contribution in [0.2, 0.25) is 0 Å². The minimum Gasteiger partial charge on any atom is -0.483 e. The van der Waals surface area contributed by atoms with E-state index in [0.29, 0.717) is 11.8 Å². The van der Waals surface area contributed by atoms with Crippen LogP contribution in [0, 0.1) is 17.0 Å². The summed E-state index contributed by atoms with van der Waals surface area (Å²) in [5.74, 6) is 0.419. The number of nitro groups is 1. The molecule has 0 aromatic heterocycles. The number of hydrogen-bond acceptors (Lipinski definition) is 4. The number of nitrogens with one attached hydrogen (secondary N) is 1. The lowest BCUT2D eigenvalue weighted by molar-refractivity contribution is -0.386. The molecule has 1 N–H and O–H groups in total. The molecule has 0 atom stereocenters. The Bertz CT molecular complexity index is 442. The lowest BCUT2D eigenvalue weighted by atomic mass is 9.89. The summed E-state index contributed by atoms with van der Waals surface area (Å²) in [6.45, 7) is 4.85. The Morgan fingerprint density at radius 3 is 2.83 bits per heavy atom. The number of ether oxygens (including phenoxy) is 1. The van der Waals surface area contributed by atoms with E-state index in [1.807, 2.05) is 13.0 Å². The van der Waals surface area contributed by atoms with Crippen LogP contribution in [0.15, 0.2) is 18.2 Å². The topological polar surface area (TPSA) is 64.4 Å². The molecule has 1 aromatic carbocycles. The van der Waals surface area contributed by atoms with Crippen LogP contribution in [0.5, 0.6) is 5.75 Å². The fourth-order valence-corrected chi connectivity index (χ4v) is 2.22. The van der Waals surface area contributed by atoms with Gasteiger partial charge in [0.15, 0.2) is 5.75 Å². The molecule has 18 heavy (non-hydrogen) atoms. The van der Waals surface area contributed by atoms with Gasteiger partial charge in [0.05, 0.1) is 4.92 Å². The fraction of sp³-hybridized carbons (Fsp3) is 0.538. The minimum atomic E-state index is -0.386. The monoisotopic (exact) mass is 250 g/mol. The number of benzene rings is 1. The van der Waals surface area contributed by atoms with Crippen molar-refractivity contribution in [3.05, 3.63) is 33.9 Å². The van der Waals surface area contributed by atoms with Crippen molar-refractivity contribution in [2.24, 2.45) is 0 Å². The van der Waals surface area contributed by atoms with Crippen molar-refractivity contribution in [1.82, 2.24) is 5.32 Å². The molecule has 1 fully saturated rings. The summed E-state index contributed by atoms with van der Waals surface area (Å²) < 4.78 is 5.77. The Morgan fingerprint density at radius 1 is 1.50 bits per heavy atom. The first-order valence-corrected chi connectivity index (χ1v) is 6.25. The molecule has 0 radical (unpaired) electrons. The van der Waals surface area contributed by atoms with Gasteiger partial charge >= 0.3 is 5.69 Å². The predicted octanol–water partition coefficient (Wildman–Crippen LogP) is 2.42. The van der Waals surface area contributed by atoms with Gasteiger partial charge in [-0.15, -0.1) is 0 Å². The van der Waals surface area contributed by atoms with Crippen molar-refractivity contribution in [2.75, 3.05) is 6.54 Å². The molecule has 98 valence electrons. The average Bonchev–Trinajstić information content (AvgIpc) is 2.28. The molecule has 0 spiro atoms. The molecule has 0 amide bonds. The van der Waals surface area contributed by atoms with Gasteiger partial charge in [0.2, 0.25) is 0 Å². The van der Waals surface area contributed by atoms with Crippen LogP contribution in [0.3, 0.4) is 0 Å². The maximum absolute atomic E-state index is 10.9. The van der Waals surface area contributed by atoms with Crippen LogP contribution in [-0.2, 0) is 0 Å². The van der Waals surface area contributed by atoms with E-state index >= 15 is 0 Å². The molecule has 2 rings (SSSR count). The highest BCUT2D eigenvalue weighted by atomic mass is 16.6. The summed E-state index contributed by atoms with van der Waals surface area (Å²) in [5, 5.41) is 14.3. The SMILES string of the molecule is CCNC1CC(Oc2c(C)cccc2[N+](=O)[O-])C1. The number of hydrogen-bond donors (Lipinski definition) is 1. The van der Waals surface area contributed by atoms with Gasteiger partial charge in [-0.05, 0) is 31.9 Å². The van der Waals surface area contributed by atoms with Crippen molar-refractivity contribution in [1.29, 1.82) is 0 Å². The standard InChI is InChI=1S/C13H18N2O3/c1-3-14-10-7-11(8-10)18-13-9(2)5-4-6-12(13)15(16)17/h4-6,10-11,14H,3,7-8H2,1-2H3. The number of para-hydroxylation sites is 1. The van der Waals surface area contributed by atoms with Gasteiger partial charge in [-0.25, -0.2) is 0 Å². The molecule has 0 heterocycles. The van der Waals surface area contributed by atoms with E-state index in [0.717, 1.165) is 24.9 Å². The Morgan fingerprint density at radius 2 is 2.22 bits per heavy atom. The van der Waals surface area contributed by atoms with Crippen molar-refractivity contribution in [3.63, 3.8) is 0 Å². The minimum absolute atomic E-state index is 0.0573. The number of nitrogens with zero attached hydrogens (tertiary/aromatic N) is 1. The third kappa shape index (κ3) is 2.61. The van der Waals surface area contributed by atoms with E-state index in [1.165, 1.54) is 6.07 Å². The molecule has 5 heteroatoms. The highest BCUT2D eigenvalue weighted by Gasteiger charge is 2.32. The van der Waals surface area contributed by atoms with Gasteiger partial charge in [0, 0.05) is 12.1 Å². The first-order chi connectivity index (χ1) is 8.61. The van der Waals surface area contributed by atoms with Gasteiger partial charge < -0.3 is 10.1 Å². The van der Waals surface area contributed by atoms with E-state index in [9.17, 15) is 10.1 Å². The van der Waals surface area contributed by atoms with E-state index < -0.39 is 0 Å². The van der Waals surface area contributed by atoms with E-state index in [1.54, 1.807) is 6.07 Å². The third-order valence-corrected chi connectivity index (χ3v) is 3.26. The van der Waals surface area contributed by atoms with Crippen LogP contribution < -0.4 is 10.1 Å². The van der Waals surface area contributed by atoms with Crippen molar-refractivity contribution < 1.29 is 9.66 Å². The summed E-state index contributed by atoms with van der Waals surface area (Å²) in [6, 6.07) is 5.50. The average molecular weight is 250 g/mol. The summed E-state index contributed by atoms with van der Waals surface area (Å²) in [6.07, 6.45) is 1.92. The number of rotatable bonds is 5. The second-order valence-corrected chi connectivity index (χ2v) is 4.65. The van der Waals surface area contributed by atoms with Crippen LogP contribution in [-0.4, -0.2) is 23.6 Å². The lowest BCUT2D eigenvalue weighted by Gasteiger charge is -2.35. The first kappa shape index (κ1) is 12.8. The zero-order valence-corrected chi connectivity index (χ0v) is 10.7. The van der Waals surface area contributed by atoms with E-state index in [2.05, 4.69) is 12.2 Å². The molecule has 1 aliphatic carbocycles. The van der Waals surface area contributed by atoms with Crippen LogP contribution in [0.4, 0.5) is 5.69 Å². The maximum Gasteiger partial charge on any atom is 0.311 e. The molecule has 0 aliphatic heterocycles. The Balaban J connectivity index is 2.04. The lowest BCUT2D eigenvalue weighted by Crippen LogP contribution is -2.46. The molecule has 1 aromatic rings. The van der Waals surface area contributed by atoms with Crippen LogP contribution >= 0.6 is 0 Å². The van der Waals surface area contributed by atoms with Gasteiger partial charge in [-0.3, -0.25) is 10.1 Å². The van der Waals surface area contributed by atoms with Gasteiger partial charge in [0.1, 0.15) is 6.10 Å². The third-order valence-electron chi connectivity index (χ3n) is 3.26. The van der Waals surface area contributed by atoms with E-state index in [-0.39, 0.29) is 16.7 Å². The zero-order chi connectivity index (χ0) is 13.1. The molecule has 0 unspecified atom stereocenters. The van der Waals surface area contributed by atoms with Crippen LogP contribution in [0.1, 0.15) is 25.3 Å². The molecular weight excluding hydrogens is 232 g/mol. The van der Waals surface area contributed by atoms with Gasteiger partial charge in [-0.1, -0.05) is 19.1 Å². The number of aryl methyl sites for hydroxylation is 1. The summed E-state index contributed by atoms with van der Waals surface area (Å²) in [5.41, 5.74) is 0.873. The fourth-order valence-electron chi connectivity index (χ4n) is 2.22.